The van der Waals surface area contributed by atoms with Crippen LogP contribution in [0.15, 0.2) is 0 Å². The molecule has 5 heteroatoms. The molecule has 0 fully saturated rings. The van der Waals surface area contributed by atoms with E-state index in [2.05, 4.69) is 16.4 Å². The maximum atomic E-state index is 10.3. The first-order valence-electron chi connectivity index (χ1n) is 2.32. The van der Waals surface area contributed by atoms with Crippen LogP contribution in [0, 0.1) is 0 Å². The van der Waals surface area contributed by atoms with Crippen LogP contribution in [-0.4, -0.2) is 25.5 Å². The van der Waals surface area contributed by atoms with Crippen molar-refractivity contribution < 1.29 is 9.59 Å². The zero-order valence-corrected chi connectivity index (χ0v) is 5.05. The molecule has 3 N–H and O–H groups in total. The van der Waals surface area contributed by atoms with Gasteiger partial charge in [-0.1, -0.05) is 0 Å². The van der Waals surface area contributed by atoms with E-state index < -0.39 is 11.9 Å². The van der Waals surface area contributed by atoms with E-state index in [0.29, 0.717) is 0 Å². The monoisotopic (exact) mass is 130 g/mol. The Balaban J connectivity index is 3.28. The van der Waals surface area contributed by atoms with Crippen molar-refractivity contribution in [3.8, 4) is 0 Å². The van der Waals surface area contributed by atoms with Crippen molar-refractivity contribution in [2.45, 2.75) is 0 Å². The Kier molecular flexibility index (Phi) is 3.19. The molecule has 0 aliphatic carbocycles. The first kappa shape index (κ1) is 7.74. The average Bonchev–Trinajstić information content (AvgIpc) is 1.83. The fraction of sp³-hybridized carbons (Fsp3) is 0.500. The van der Waals surface area contributed by atoms with Crippen LogP contribution in [0.2, 0.25) is 0 Å². The van der Waals surface area contributed by atoms with Crippen LogP contribution in [-0.2, 0) is 4.79 Å². The second-order valence-corrected chi connectivity index (χ2v) is 1.34. The minimum absolute atomic E-state index is 0.119. The van der Waals surface area contributed by atoms with E-state index in [4.69, 9.17) is 0 Å². The lowest BCUT2D eigenvalue weighted by atomic mass is 10.6. The highest BCUT2D eigenvalue weighted by Gasteiger charge is 1.98. The number of carbonyl (C=O) groups excluding carboxylic acids is 2. The summed E-state index contributed by atoms with van der Waals surface area (Å²) in [6.45, 7) is -0.119. The summed E-state index contributed by atoms with van der Waals surface area (Å²) < 4.78 is 0. The molecular formula is C4H8N3O2. The lowest BCUT2D eigenvalue weighted by Crippen LogP contribution is -2.36. The summed E-state index contributed by atoms with van der Waals surface area (Å²) in [5, 5.41) is 5.34. The molecular weight excluding hydrogens is 122 g/mol. The third-order valence-corrected chi connectivity index (χ3v) is 0.663. The van der Waals surface area contributed by atoms with Crippen LogP contribution in [0.4, 0.5) is 4.79 Å². The first-order chi connectivity index (χ1) is 4.16. The number of primary amides is 1. The Bertz CT molecular complexity index is 123. The Morgan fingerprint density at radius 1 is 1.67 bits per heavy atom. The molecule has 0 atom stereocenters. The van der Waals surface area contributed by atoms with Gasteiger partial charge in [0.1, 0.15) is 6.54 Å². The maximum absolute atomic E-state index is 10.3. The van der Waals surface area contributed by atoms with Crippen molar-refractivity contribution in [2.24, 2.45) is 5.73 Å². The van der Waals surface area contributed by atoms with Crippen LogP contribution in [0.25, 0.3) is 0 Å². The average molecular weight is 130 g/mol. The van der Waals surface area contributed by atoms with E-state index in [1.54, 1.807) is 0 Å². The number of carbonyl (C=O) groups is 2. The number of amides is 3. The molecule has 0 saturated heterocycles. The number of rotatable bonds is 2. The molecule has 0 aromatic heterocycles. The van der Waals surface area contributed by atoms with Gasteiger partial charge in [0.25, 0.3) is 5.91 Å². The molecule has 0 aromatic carbocycles. The Morgan fingerprint density at radius 3 is 2.56 bits per heavy atom. The third-order valence-electron chi connectivity index (χ3n) is 0.663. The lowest BCUT2D eigenvalue weighted by molar-refractivity contribution is -0.119. The summed E-state index contributed by atoms with van der Waals surface area (Å²) in [5.74, 6) is -0.395. The van der Waals surface area contributed by atoms with Gasteiger partial charge in [-0.15, -0.1) is 0 Å². The van der Waals surface area contributed by atoms with Gasteiger partial charge in [-0.25, -0.2) is 4.79 Å². The van der Waals surface area contributed by atoms with Crippen molar-refractivity contribution in [1.82, 2.24) is 10.6 Å². The summed E-state index contributed by atoms with van der Waals surface area (Å²) in [7, 11) is 1.35. The van der Waals surface area contributed by atoms with Crippen molar-refractivity contribution in [3.63, 3.8) is 0 Å². The number of hydrogen-bond acceptors (Lipinski definition) is 2. The van der Waals surface area contributed by atoms with Crippen molar-refractivity contribution in [3.05, 3.63) is 0 Å². The summed E-state index contributed by atoms with van der Waals surface area (Å²) in [4.78, 5) is 20.2. The number of nitrogens with zero attached hydrogens (tertiary/aromatic N) is 1. The third kappa shape index (κ3) is 4.60. The second kappa shape index (κ2) is 3.71. The Hall–Kier alpha value is -1.26. The minimum atomic E-state index is -0.716. The van der Waals surface area contributed by atoms with Gasteiger partial charge in [0.15, 0.2) is 0 Å². The van der Waals surface area contributed by atoms with Crippen LogP contribution >= 0.6 is 0 Å². The highest BCUT2D eigenvalue weighted by atomic mass is 16.2. The Labute approximate surface area is 52.6 Å². The molecule has 0 aliphatic heterocycles. The number of nitrogens with one attached hydrogen (secondary N) is 1. The molecule has 9 heavy (non-hydrogen) atoms. The smallest absolute Gasteiger partial charge is 0.312 e. The van der Waals surface area contributed by atoms with E-state index >= 15 is 0 Å². The van der Waals surface area contributed by atoms with Gasteiger partial charge < -0.3 is 11.1 Å². The largest absolute Gasteiger partial charge is 0.352 e. The highest BCUT2D eigenvalue weighted by molar-refractivity contribution is 5.82. The predicted octanol–water partition coefficient (Wildman–Crippen LogP) is -1.58. The molecule has 0 spiro atoms. The fourth-order valence-corrected chi connectivity index (χ4v) is 0.242. The van der Waals surface area contributed by atoms with Crippen molar-refractivity contribution >= 4 is 11.9 Å². The highest BCUT2D eigenvalue weighted by Crippen LogP contribution is 1.60. The molecule has 3 amide bonds. The van der Waals surface area contributed by atoms with Gasteiger partial charge >= 0.3 is 6.03 Å². The standard InChI is InChI=1S/C4H8N3O2/c1-6-3(8)2-7-4(5)9/h2H2,1H3,(H3,5,7,9). The first-order valence-corrected chi connectivity index (χ1v) is 2.32. The normalized spacial score (nSPS) is 8.11. The molecule has 0 bridgehead atoms. The molecule has 0 saturated carbocycles. The minimum Gasteiger partial charge on any atom is -0.352 e. The zero-order chi connectivity index (χ0) is 7.28. The summed E-state index contributed by atoms with van der Waals surface area (Å²) in [5.41, 5.74) is 4.65. The number of hydrogen-bond donors (Lipinski definition) is 2. The van der Waals surface area contributed by atoms with Crippen LogP contribution < -0.4 is 16.4 Å². The molecule has 0 aliphatic rings. The van der Waals surface area contributed by atoms with Gasteiger partial charge in [0, 0.05) is 7.05 Å². The van der Waals surface area contributed by atoms with E-state index in [0.717, 1.165) is 0 Å². The molecule has 0 unspecified atom stereocenters. The fourth-order valence-electron chi connectivity index (χ4n) is 0.242. The van der Waals surface area contributed by atoms with Gasteiger partial charge in [0.2, 0.25) is 0 Å². The van der Waals surface area contributed by atoms with Crippen LogP contribution in [0.3, 0.4) is 0 Å². The molecule has 5 nitrogen and oxygen atoms in total. The Morgan fingerprint density at radius 2 is 2.22 bits per heavy atom. The van der Waals surface area contributed by atoms with E-state index in [1.807, 2.05) is 0 Å². The van der Waals surface area contributed by atoms with E-state index in [9.17, 15) is 9.59 Å². The van der Waals surface area contributed by atoms with E-state index in [1.165, 1.54) is 7.05 Å². The van der Waals surface area contributed by atoms with Crippen LogP contribution in [0.5, 0.6) is 0 Å². The molecule has 1 radical (unpaired) electrons. The zero-order valence-electron chi connectivity index (χ0n) is 5.05. The maximum Gasteiger partial charge on any atom is 0.312 e. The molecule has 0 heterocycles. The topological polar surface area (TPSA) is 86.3 Å². The van der Waals surface area contributed by atoms with Crippen LogP contribution in [0.1, 0.15) is 0 Å². The molecule has 0 aromatic rings. The van der Waals surface area contributed by atoms with Gasteiger partial charge in [-0.3, -0.25) is 10.1 Å². The van der Waals surface area contributed by atoms with Gasteiger partial charge in [0.05, 0.1) is 0 Å². The van der Waals surface area contributed by atoms with E-state index in [-0.39, 0.29) is 6.54 Å². The SMILES string of the molecule is C[N]C(=O)CNC(N)=O. The quantitative estimate of drug-likeness (QED) is 0.472. The number of nitrogens with two attached hydrogens (primary N) is 1. The predicted molar refractivity (Wildman–Crippen MR) is 30.7 cm³/mol. The van der Waals surface area contributed by atoms with Gasteiger partial charge in [-0.2, -0.15) is 0 Å². The van der Waals surface area contributed by atoms with Crippen molar-refractivity contribution in [2.75, 3.05) is 13.6 Å². The summed E-state index contributed by atoms with van der Waals surface area (Å²) in [6.07, 6.45) is 0. The summed E-state index contributed by atoms with van der Waals surface area (Å²) >= 11 is 0. The summed E-state index contributed by atoms with van der Waals surface area (Å²) in [6, 6.07) is -0.716. The van der Waals surface area contributed by atoms with Crippen molar-refractivity contribution in [1.29, 1.82) is 0 Å². The number of urea groups is 1. The molecule has 51 valence electrons. The van der Waals surface area contributed by atoms with Gasteiger partial charge in [-0.05, 0) is 0 Å². The number of likely N-dealkylation sites (N-methyl/N-ethyl adjacent to an activating group) is 1. The lowest BCUT2D eigenvalue weighted by Gasteiger charge is -1.95. The second-order valence-electron chi connectivity index (χ2n) is 1.34. The molecule has 0 rings (SSSR count).